The number of aliphatic hydroxyl groups is 1. The van der Waals surface area contributed by atoms with Gasteiger partial charge in [0, 0.05) is 0 Å². The Kier molecular flexibility index (Phi) is 17.3. The van der Waals surface area contributed by atoms with Crippen LogP contribution in [0.4, 0.5) is 0 Å². The van der Waals surface area contributed by atoms with E-state index in [1.54, 1.807) is 0 Å². The summed E-state index contributed by atoms with van der Waals surface area (Å²) in [5.41, 5.74) is 0. The molecule has 0 radical (unpaired) electrons. The molecule has 0 amide bonds. The van der Waals surface area contributed by atoms with Crippen molar-refractivity contribution in [2.75, 3.05) is 19.7 Å². The summed E-state index contributed by atoms with van der Waals surface area (Å²) >= 11 is 0. The number of rotatable bonds is 4. The Labute approximate surface area is 121 Å². The Morgan fingerprint density at radius 2 is 2.09 bits per heavy atom. The average Bonchev–Trinajstić information content (AvgIpc) is 1.81. The second-order valence-electron chi connectivity index (χ2n) is 0.875. The number of ether oxygens (including phenoxy) is 1. The molecule has 11 heavy (non-hydrogen) atoms. The van der Waals surface area contributed by atoms with Crippen molar-refractivity contribution < 1.29 is 96.7 Å². The molecule has 1 N–H and O–H groups in total. The number of hydrogen-bond acceptors (Lipinski definition) is 4. The summed E-state index contributed by atoms with van der Waals surface area (Å²) in [5, 5.41) is 18.2. The smallest absolute Gasteiger partial charge is 1.00 e. The van der Waals surface area contributed by atoms with Crippen LogP contribution < -0.4 is 76.6 Å². The zero-order chi connectivity index (χ0) is 9.99. The first-order chi connectivity index (χ1) is 5.17. The van der Waals surface area contributed by atoms with Crippen molar-refractivity contribution in [3.05, 3.63) is 0 Å². The number of aliphatic carboxylic acids is 1. The minimum Gasteiger partial charge on any atom is -1.00 e. The van der Waals surface area contributed by atoms with Crippen LogP contribution in [0.1, 0.15) is 5.48 Å². The van der Waals surface area contributed by atoms with Crippen LogP contribution in [0.3, 0.4) is 0 Å². The van der Waals surface area contributed by atoms with Crippen LogP contribution in [0.25, 0.3) is 0 Å². The monoisotopic (exact) mass is 204 g/mol. The minimum atomic E-state index is -3.25. The molecule has 0 rings (SSSR count). The number of carboxylic acid groups (broad SMARTS) is 1. The van der Waals surface area contributed by atoms with Gasteiger partial charge >= 0.3 is 59.1 Å². The molecular formula is C4H7ClNa2O4. The van der Waals surface area contributed by atoms with Crippen LogP contribution in [0.15, 0.2) is 0 Å². The van der Waals surface area contributed by atoms with E-state index < -0.39 is 25.7 Å². The van der Waals surface area contributed by atoms with Gasteiger partial charge in [-0.05, 0) is 0 Å². The molecule has 4 nitrogen and oxygen atoms in total. The predicted molar refractivity (Wildman–Crippen MR) is 22.9 cm³/mol. The minimum absolute atomic E-state index is 0. The zero-order valence-electron chi connectivity index (χ0n) is 10.3. The van der Waals surface area contributed by atoms with Gasteiger partial charge in [0.1, 0.15) is 0 Å². The number of hydrogen-bond donors (Lipinski definition) is 1. The van der Waals surface area contributed by atoms with E-state index in [1.165, 1.54) is 0 Å². The van der Waals surface area contributed by atoms with Crippen molar-refractivity contribution in [2.24, 2.45) is 0 Å². The summed E-state index contributed by atoms with van der Waals surface area (Å²) < 4.78 is 30.3. The zero-order valence-corrected chi connectivity index (χ0v) is 11.0. The Hall–Kier alpha value is 1.68. The molecule has 0 unspecified atom stereocenters. The van der Waals surface area contributed by atoms with Crippen molar-refractivity contribution >= 4 is 5.97 Å². The van der Waals surface area contributed by atoms with Crippen molar-refractivity contribution in [3.8, 4) is 0 Å². The second kappa shape index (κ2) is 17.7. The first-order valence-corrected chi connectivity index (χ1v) is 1.73. The van der Waals surface area contributed by atoms with Crippen molar-refractivity contribution in [2.45, 2.75) is 0 Å². The van der Waals surface area contributed by atoms with Gasteiger partial charge in [0.2, 0.25) is 0 Å². The third kappa shape index (κ3) is 24.5. The fraction of sp³-hybridized carbons (Fsp3) is 0.750. The largest absolute Gasteiger partial charge is 1.00 e. The molecule has 0 atom stereocenters. The normalized spacial score (nSPS) is 14.6. The molecule has 0 aliphatic rings. The van der Waals surface area contributed by atoms with Gasteiger partial charge in [-0.15, -0.1) is 0 Å². The summed E-state index contributed by atoms with van der Waals surface area (Å²) in [6.07, 6.45) is 0. The van der Waals surface area contributed by atoms with Crippen LogP contribution in [-0.4, -0.2) is 30.8 Å². The maximum absolute atomic E-state index is 9.77. The van der Waals surface area contributed by atoms with Crippen LogP contribution >= 0.6 is 0 Å². The Bertz CT molecular complexity index is 188. The van der Waals surface area contributed by atoms with Crippen molar-refractivity contribution in [3.63, 3.8) is 0 Å². The molecule has 7 heteroatoms. The van der Waals surface area contributed by atoms with Gasteiger partial charge in [0.05, 0.1) is 31.2 Å². The van der Waals surface area contributed by atoms with Crippen molar-refractivity contribution in [1.82, 2.24) is 0 Å². The van der Waals surface area contributed by atoms with Crippen LogP contribution in [-0.2, 0) is 9.53 Å². The maximum Gasteiger partial charge on any atom is 1.00 e. The number of carboxylic acids is 1. The van der Waals surface area contributed by atoms with Crippen molar-refractivity contribution in [1.29, 1.82) is 0 Å². The first kappa shape index (κ1) is 10.8. The van der Waals surface area contributed by atoms with Gasteiger partial charge in [-0.2, -0.15) is 0 Å². The van der Waals surface area contributed by atoms with E-state index in [2.05, 4.69) is 4.74 Å². The Morgan fingerprint density at radius 3 is 2.36 bits per heavy atom. The maximum atomic E-state index is 9.77. The number of carbonyl (C=O) groups is 1. The molecule has 0 bridgehead atoms. The van der Waals surface area contributed by atoms with E-state index in [4.69, 9.17) is 10.6 Å². The Morgan fingerprint density at radius 1 is 1.64 bits per heavy atom. The fourth-order valence-electron chi connectivity index (χ4n) is 0.127. The molecule has 0 spiro atoms. The van der Waals surface area contributed by atoms with E-state index in [-0.39, 0.29) is 71.5 Å². The van der Waals surface area contributed by atoms with E-state index in [1.807, 2.05) is 0 Å². The molecular weight excluding hydrogens is 193 g/mol. The third-order valence-electron chi connectivity index (χ3n) is 0.308. The predicted octanol–water partition coefficient (Wildman–Crippen LogP) is -11.2. The molecule has 0 saturated heterocycles. The topological polar surface area (TPSA) is 69.6 Å². The summed E-state index contributed by atoms with van der Waals surface area (Å²) in [5.74, 6) is -1.69. The van der Waals surface area contributed by atoms with E-state index >= 15 is 0 Å². The summed E-state index contributed by atoms with van der Waals surface area (Å²) in [7, 11) is 0. The molecule has 0 aliphatic carbocycles. The van der Waals surface area contributed by atoms with Gasteiger partial charge in [0.15, 0.2) is 0 Å². The van der Waals surface area contributed by atoms with Gasteiger partial charge in [-0.1, -0.05) is 0 Å². The molecule has 0 saturated carbocycles. The first-order valence-electron chi connectivity index (χ1n) is 3.73. The van der Waals surface area contributed by atoms with E-state index in [9.17, 15) is 9.90 Å². The van der Waals surface area contributed by atoms with Crippen LogP contribution in [0.5, 0.6) is 0 Å². The van der Waals surface area contributed by atoms with E-state index in [0.717, 1.165) is 0 Å². The van der Waals surface area contributed by atoms with E-state index in [0.29, 0.717) is 0 Å². The van der Waals surface area contributed by atoms with Crippen LogP contribution in [0, 0.1) is 0 Å². The fourth-order valence-corrected chi connectivity index (χ4v) is 0.127. The number of carbonyl (C=O) groups excluding carboxylic acids is 1. The number of halogens is 1. The third-order valence-corrected chi connectivity index (χ3v) is 0.308. The molecule has 0 aromatic rings. The molecule has 0 fully saturated rings. The summed E-state index contributed by atoms with van der Waals surface area (Å²) in [4.78, 5) is 9.77. The standard InChI is InChI=1S/C4H8O4.ClH.2Na/c5-1-2-8-3-4(6)7;;;/h5H,1-3H2,(H,6,7);1H;;/q;;2*+1/p-2/i1D2,2D2;;;. The van der Waals surface area contributed by atoms with Gasteiger partial charge in [-0.25, -0.2) is 0 Å². The molecule has 56 valence electrons. The van der Waals surface area contributed by atoms with Gasteiger partial charge in [-0.3, -0.25) is 0 Å². The summed E-state index contributed by atoms with van der Waals surface area (Å²) in [6.45, 7) is -7.43. The second-order valence-corrected chi connectivity index (χ2v) is 0.875. The molecule has 0 aliphatic heterocycles. The van der Waals surface area contributed by atoms with Gasteiger partial charge < -0.3 is 32.2 Å². The SMILES string of the molecule is [2H]C([2H])(O)C([2H])([2H])OCC(=O)[O-].[Cl-].[Na+].[Na+]. The average molecular weight is 205 g/mol. The Balaban J connectivity index is -0.000000202. The quantitative estimate of drug-likeness (QED) is 0.462. The molecule has 0 aromatic heterocycles. The van der Waals surface area contributed by atoms with Gasteiger partial charge in [0.25, 0.3) is 0 Å². The molecule has 0 heterocycles. The summed E-state index contributed by atoms with van der Waals surface area (Å²) in [6, 6.07) is 0. The molecule has 0 aromatic carbocycles. The van der Waals surface area contributed by atoms with Crippen LogP contribution in [0.2, 0.25) is 0 Å².